The lowest BCUT2D eigenvalue weighted by Gasteiger charge is -2.26. The molecule has 0 radical (unpaired) electrons. The summed E-state index contributed by atoms with van der Waals surface area (Å²) < 4.78 is 4.60. The number of hydrogen-bond acceptors (Lipinski definition) is 3. The van der Waals surface area contributed by atoms with Gasteiger partial charge in [-0.1, -0.05) is 32.0 Å². The molecule has 1 aromatic carbocycles. The van der Waals surface area contributed by atoms with E-state index >= 15 is 0 Å². The minimum Gasteiger partial charge on any atom is -0.468 e. The molecule has 0 heterocycles. The van der Waals surface area contributed by atoms with Gasteiger partial charge in [-0.25, -0.2) is 0 Å². The molecule has 100 valence electrons. The fourth-order valence-electron chi connectivity index (χ4n) is 1.81. The van der Waals surface area contributed by atoms with Crippen molar-refractivity contribution in [3.05, 3.63) is 34.9 Å². The Kier molecular flexibility index (Phi) is 4.91. The molecular formula is C15H23NO2. The number of esters is 1. The third kappa shape index (κ3) is 3.84. The standard InChI is InChI=1S/C15H23NO2/c1-11-6-7-13(8-12(11)2)15(3,4)10-16-9-14(17)18-5/h6-8,16H,9-10H2,1-5H3. The highest BCUT2D eigenvalue weighted by Crippen LogP contribution is 2.24. The van der Waals surface area contributed by atoms with E-state index in [1.807, 2.05) is 0 Å². The van der Waals surface area contributed by atoms with Crippen LogP contribution in [0.4, 0.5) is 0 Å². The van der Waals surface area contributed by atoms with Crippen molar-refractivity contribution < 1.29 is 9.53 Å². The van der Waals surface area contributed by atoms with E-state index in [0.29, 0.717) is 0 Å². The lowest BCUT2D eigenvalue weighted by molar-refractivity contribution is -0.139. The van der Waals surface area contributed by atoms with Crippen LogP contribution in [0.1, 0.15) is 30.5 Å². The Morgan fingerprint density at radius 1 is 1.28 bits per heavy atom. The molecule has 0 spiro atoms. The third-order valence-electron chi connectivity index (χ3n) is 3.35. The second-order valence-corrected chi connectivity index (χ2v) is 5.36. The maximum Gasteiger partial charge on any atom is 0.319 e. The number of carbonyl (C=O) groups is 1. The van der Waals surface area contributed by atoms with Crippen molar-refractivity contribution in [2.24, 2.45) is 0 Å². The van der Waals surface area contributed by atoms with E-state index in [1.165, 1.54) is 23.8 Å². The maximum absolute atomic E-state index is 11.0. The molecule has 0 amide bonds. The zero-order valence-corrected chi connectivity index (χ0v) is 12.0. The van der Waals surface area contributed by atoms with Gasteiger partial charge in [0.05, 0.1) is 13.7 Å². The minimum atomic E-state index is -0.231. The molecule has 0 unspecified atom stereocenters. The van der Waals surface area contributed by atoms with Gasteiger partial charge in [-0.05, 0) is 30.5 Å². The Morgan fingerprint density at radius 3 is 2.50 bits per heavy atom. The fourth-order valence-corrected chi connectivity index (χ4v) is 1.81. The van der Waals surface area contributed by atoms with E-state index < -0.39 is 0 Å². The van der Waals surface area contributed by atoms with Crippen LogP contribution in [0.25, 0.3) is 0 Å². The Balaban J connectivity index is 2.67. The predicted molar refractivity (Wildman–Crippen MR) is 73.8 cm³/mol. The average Bonchev–Trinajstić information content (AvgIpc) is 2.32. The summed E-state index contributed by atoms with van der Waals surface area (Å²) in [6.45, 7) is 9.57. The molecule has 0 aliphatic carbocycles. The number of benzene rings is 1. The van der Waals surface area contributed by atoms with Crippen molar-refractivity contribution in [2.45, 2.75) is 33.1 Å². The highest BCUT2D eigenvalue weighted by molar-refractivity contribution is 5.71. The summed E-state index contributed by atoms with van der Waals surface area (Å²) in [4.78, 5) is 11.0. The van der Waals surface area contributed by atoms with Gasteiger partial charge in [-0.3, -0.25) is 4.79 Å². The van der Waals surface area contributed by atoms with Crippen LogP contribution < -0.4 is 5.32 Å². The molecule has 0 atom stereocenters. The molecule has 1 rings (SSSR count). The van der Waals surface area contributed by atoms with Gasteiger partial charge in [0.15, 0.2) is 0 Å². The smallest absolute Gasteiger partial charge is 0.319 e. The number of methoxy groups -OCH3 is 1. The van der Waals surface area contributed by atoms with E-state index in [2.05, 4.69) is 55.9 Å². The summed E-state index contributed by atoms with van der Waals surface area (Å²) in [6.07, 6.45) is 0. The SMILES string of the molecule is COC(=O)CNCC(C)(C)c1ccc(C)c(C)c1. The quantitative estimate of drug-likeness (QED) is 0.814. The monoisotopic (exact) mass is 249 g/mol. The lowest BCUT2D eigenvalue weighted by Crippen LogP contribution is -2.36. The predicted octanol–water partition coefficient (Wildman–Crippen LogP) is 2.34. The Labute approximate surface area is 110 Å². The van der Waals surface area contributed by atoms with Crippen molar-refractivity contribution in [2.75, 3.05) is 20.2 Å². The molecule has 0 saturated heterocycles. The average molecular weight is 249 g/mol. The van der Waals surface area contributed by atoms with Gasteiger partial charge in [-0.15, -0.1) is 0 Å². The highest BCUT2D eigenvalue weighted by Gasteiger charge is 2.20. The normalized spacial score (nSPS) is 11.4. The van der Waals surface area contributed by atoms with Gasteiger partial charge >= 0.3 is 5.97 Å². The number of aryl methyl sites for hydroxylation is 2. The van der Waals surface area contributed by atoms with E-state index in [1.54, 1.807) is 0 Å². The number of nitrogens with one attached hydrogen (secondary N) is 1. The summed E-state index contributed by atoms with van der Waals surface area (Å²) in [6, 6.07) is 6.52. The molecule has 3 heteroatoms. The van der Waals surface area contributed by atoms with Crippen LogP contribution in [0.3, 0.4) is 0 Å². The number of hydrogen-bond donors (Lipinski definition) is 1. The topological polar surface area (TPSA) is 38.3 Å². The number of ether oxygens (including phenoxy) is 1. The van der Waals surface area contributed by atoms with Crippen molar-refractivity contribution in [1.82, 2.24) is 5.32 Å². The maximum atomic E-state index is 11.0. The molecule has 0 saturated carbocycles. The van der Waals surface area contributed by atoms with E-state index in [0.717, 1.165) is 6.54 Å². The van der Waals surface area contributed by atoms with Crippen LogP contribution in [-0.2, 0) is 14.9 Å². The summed E-state index contributed by atoms with van der Waals surface area (Å²) >= 11 is 0. The molecule has 3 nitrogen and oxygen atoms in total. The Hall–Kier alpha value is -1.35. The summed E-state index contributed by atoms with van der Waals surface area (Å²) in [5.74, 6) is -0.231. The van der Waals surface area contributed by atoms with Gasteiger partial charge in [0.25, 0.3) is 0 Å². The van der Waals surface area contributed by atoms with Gasteiger partial charge < -0.3 is 10.1 Å². The second-order valence-electron chi connectivity index (χ2n) is 5.36. The Bertz CT molecular complexity index is 425. The summed E-state index contributed by atoms with van der Waals surface area (Å²) in [5.41, 5.74) is 3.88. The fraction of sp³-hybridized carbons (Fsp3) is 0.533. The zero-order chi connectivity index (χ0) is 13.8. The molecule has 0 aliphatic rings. The van der Waals surface area contributed by atoms with Crippen LogP contribution in [0, 0.1) is 13.8 Å². The number of carbonyl (C=O) groups excluding carboxylic acids is 1. The summed E-state index contributed by atoms with van der Waals surface area (Å²) in [5, 5.41) is 3.13. The summed E-state index contributed by atoms with van der Waals surface area (Å²) in [7, 11) is 1.40. The van der Waals surface area contributed by atoms with Crippen molar-refractivity contribution in [3.63, 3.8) is 0 Å². The number of rotatable bonds is 5. The largest absolute Gasteiger partial charge is 0.468 e. The Morgan fingerprint density at radius 2 is 1.94 bits per heavy atom. The molecule has 1 aromatic rings. The van der Waals surface area contributed by atoms with E-state index in [-0.39, 0.29) is 17.9 Å². The first-order valence-electron chi connectivity index (χ1n) is 6.22. The second kappa shape index (κ2) is 6.01. The van der Waals surface area contributed by atoms with Gasteiger partial charge in [0, 0.05) is 12.0 Å². The molecule has 0 aliphatic heterocycles. The van der Waals surface area contributed by atoms with Gasteiger partial charge in [0.1, 0.15) is 0 Å². The molecule has 1 N–H and O–H groups in total. The third-order valence-corrected chi connectivity index (χ3v) is 3.35. The molecule has 0 bridgehead atoms. The van der Waals surface area contributed by atoms with Crippen LogP contribution in [0.5, 0.6) is 0 Å². The lowest BCUT2D eigenvalue weighted by atomic mass is 9.83. The minimum absolute atomic E-state index is 0.00746. The molecule has 0 aromatic heterocycles. The van der Waals surface area contributed by atoms with Crippen molar-refractivity contribution in [1.29, 1.82) is 0 Å². The van der Waals surface area contributed by atoms with Crippen LogP contribution in [0.15, 0.2) is 18.2 Å². The van der Waals surface area contributed by atoms with Crippen LogP contribution in [-0.4, -0.2) is 26.2 Å². The van der Waals surface area contributed by atoms with Gasteiger partial charge in [-0.2, -0.15) is 0 Å². The van der Waals surface area contributed by atoms with E-state index in [4.69, 9.17) is 0 Å². The highest BCUT2D eigenvalue weighted by atomic mass is 16.5. The van der Waals surface area contributed by atoms with E-state index in [9.17, 15) is 4.79 Å². The first-order chi connectivity index (χ1) is 8.36. The van der Waals surface area contributed by atoms with Crippen LogP contribution >= 0.6 is 0 Å². The molecular weight excluding hydrogens is 226 g/mol. The van der Waals surface area contributed by atoms with Gasteiger partial charge in [0.2, 0.25) is 0 Å². The zero-order valence-electron chi connectivity index (χ0n) is 12.0. The van der Waals surface area contributed by atoms with Crippen LogP contribution in [0.2, 0.25) is 0 Å². The first kappa shape index (κ1) is 14.7. The first-order valence-corrected chi connectivity index (χ1v) is 6.22. The molecule has 18 heavy (non-hydrogen) atoms. The molecule has 0 fully saturated rings. The van der Waals surface area contributed by atoms with Crippen molar-refractivity contribution >= 4 is 5.97 Å². The van der Waals surface area contributed by atoms with Crippen molar-refractivity contribution in [3.8, 4) is 0 Å².